The summed E-state index contributed by atoms with van der Waals surface area (Å²) in [5.41, 5.74) is 0. The molecule has 3 amide bonds. The highest BCUT2D eigenvalue weighted by Crippen LogP contribution is 2.23. The smallest absolute Gasteiger partial charge is 0.315 e. The van der Waals surface area contributed by atoms with Crippen molar-refractivity contribution in [2.75, 3.05) is 20.7 Å². The second-order valence-corrected chi connectivity index (χ2v) is 6.75. The Morgan fingerprint density at radius 2 is 1.83 bits per heavy atom. The number of carbonyl (C=O) groups is 2. The minimum Gasteiger partial charge on any atom is -0.394 e. The molecule has 0 radical (unpaired) electrons. The molecular formula is C16H29N3O4. The van der Waals surface area contributed by atoms with Gasteiger partial charge in [0, 0.05) is 20.1 Å². The number of urea groups is 1. The first-order valence-electron chi connectivity index (χ1n) is 8.53. The average Bonchev–Trinajstić information content (AvgIpc) is 3.01. The number of hydrogen-bond donors (Lipinski definition) is 3. The zero-order chi connectivity index (χ0) is 16.8. The number of nitrogens with zero attached hydrogens (tertiary/aromatic N) is 1. The Bertz CT molecular complexity index is 410. The van der Waals surface area contributed by atoms with Gasteiger partial charge >= 0.3 is 6.03 Å². The predicted molar refractivity (Wildman–Crippen MR) is 86.0 cm³/mol. The van der Waals surface area contributed by atoms with Crippen LogP contribution < -0.4 is 10.6 Å². The molecule has 132 valence electrons. The van der Waals surface area contributed by atoms with Crippen LogP contribution in [0.4, 0.5) is 4.79 Å². The fourth-order valence-corrected chi connectivity index (χ4v) is 3.29. The van der Waals surface area contributed by atoms with E-state index in [-0.39, 0.29) is 36.7 Å². The molecule has 0 aromatic rings. The van der Waals surface area contributed by atoms with Gasteiger partial charge in [-0.3, -0.25) is 4.79 Å². The van der Waals surface area contributed by atoms with Gasteiger partial charge in [-0.2, -0.15) is 0 Å². The first-order chi connectivity index (χ1) is 11.0. The fourth-order valence-electron chi connectivity index (χ4n) is 3.29. The minimum absolute atomic E-state index is 0.0112. The van der Waals surface area contributed by atoms with Crippen molar-refractivity contribution >= 4 is 11.9 Å². The molecule has 0 unspecified atom stereocenters. The summed E-state index contributed by atoms with van der Waals surface area (Å²) in [6.45, 7) is -0.166. The maximum absolute atomic E-state index is 12.1. The third kappa shape index (κ3) is 5.35. The van der Waals surface area contributed by atoms with Crippen LogP contribution in [0.3, 0.4) is 0 Å². The molecule has 1 saturated heterocycles. The number of rotatable bonds is 5. The van der Waals surface area contributed by atoms with E-state index in [2.05, 4.69) is 10.6 Å². The van der Waals surface area contributed by atoms with E-state index in [0.717, 1.165) is 12.8 Å². The Morgan fingerprint density at radius 3 is 2.43 bits per heavy atom. The van der Waals surface area contributed by atoms with Crippen molar-refractivity contribution in [1.29, 1.82) is 0 Å². The van der Waals surface area contributed by atoms with Gasteiger partial charge in [0.25, 0.3) is 0 Å². The SMILES string of the molecule is CN(C)C(=O)C[C@@H]1CC[C@H](NC(=O)NC2CCCC2)[C@H](CO)O1. The third-order valence-corrected chi connectivity index (χ3v) is 4.70. The van der Waals surface area contributed by atoms with E-state index in [0.29, 0.717) is 19.3 Å². The monoisotopic (exact) mass is 327 g/mol. The molecule has 3 N–H and O–H groups in total. The van der Waals surface area contributed by atoms with Gasteiger partial charge in [-0.25, -0.2) is 4.79 Å². The number of ether oxygens (including phenoxy) is 1. The van der Waals surface area contributed by atoms with Gasteiger partial charge in [0.15, 0.2) is 0 Å². The van der Waals surface area contributed by atoms with E-state index in [1.165, 1.54) is 17.7 Å². The topological polar surface area (TPSA) is 90.9 Å². The van der Waals surface area contributed by atoms with Crippen LogP contribution in [-0.4, -0.2) is 66.9 Å². The Labute approximate surface area is 137 Å². The van der Waals surface area contributed by atoms with Crippen molar-refractivity contribution in [2.24, 2.45) is 0 Å². The van der Waals surface area contributed by atoms with Crippen molar-refractivity contribution in [3.05, 3.63) is 0 Å². The lowest BCUT2D eigenvalue weighted by Crippen LogP contribution is -2.54. The maximum Gasteiger partial charge on any atom is 0.315 e. The van der Waals surface area contributed by atoms with Crippen LogP contribution in [0.15, 0.2) is 0 Å². The van der Waals surface area contributed by atoms with E-state index < -0.39 is 6.10 Å². The molecule has 7 nitrogen and oxygen atoms in total. The number of aliphatic hydroxyl groups excluding tert-OH is 1. The van der Waals surface area contributed by atoms with Crippen molar-refractivity contribution < 1.29 is 19.4 Å². The normalized spacial score (nSPS) is 28.4. The van der Waals surface area contributed by atoms with Gasteiger partial charge in [-0.1, -0.05) is 12.8 Å². The third-order valence-electron chi connectivity index (χ3n) is 4.70. The summed E-state index contributed by atoms with van der Waals surface area (Å²) >= 11 is 0. The molecule has 2 aliphatic rings. The zero-order valence-corrected chi connectivity index (χ0v) is 14.1. The molecule has 2 rings (SSSR count). The Kier molecular flexibility index (Phi) is 6.65. The van der Waals surface area contributed by atoms with Crippen LogP contribution in [0, 0.1) is 0 Å². The Hall–Kier alpha value is -1.34. The van der Waals surface area contributed by atoms with Gasteiger partial charge in [-0.15, -0.1) is 0 Å². The highest BCUT2D eigenvalue weighted by atomic mass is 16.5. The molecule has 0 spiro atoms. The Balaban J connectivity index is 1.79. The molecular weight excluding hydrogens is 298 g/mol. The molecule has 1 heterocycles. The second kappa shape index (κ2) is 8.49. The minimum atomic E-state index is -0.460. The van der Waals surface area contributed by atoms with Crippen molar-refractivity contribution in [3.63, 3.8) is 0 Å². The first kappa shape index (κ1) is 18.0. The van der Waals surface area contributed by atoms with Crippen LogP contribution >= 0.6 is 0 Å². The van der Waals surface area contributed by atoms with Gasteiger partial charge in [0.1, 0.15) is 6.10 Å². The molecule has 1 saturated carbocycles. The van der Waals surface area contributed by atoms with E-state index >= 15 is 0 Å². The highest BCUT2D eigenvalue weighted by Gasteiger charge is 2.33. The maximum atomic E-state index is 12.1. The van der Waals surface area contributed by atoms with Gasteiger partial charge < -0.3 is 25.4 Å². The number of hydrogen-bond acceptors (Lipinski definition) is 4. The lowest BCUT2D eigenvalue weighted by molar-refractivity contribution is -0.137. The van der Waals surface area contributed by atoms with E-state index in [1.807, 2.05) is 0 Å². The summed E-state index contributed by atoms with van der Waals surface area (Å²) in [6.07, 6.45) is 5.45. The van der Waals surface area contributed by atoms with Crippen LogP contribution in [0.25, 0.3) is 0 Å². The molecule has 3 atom stereocenters. The van der Waals surface area contributed by atoms with Crippen LogP contribution in [0.5, 0.6) is 0 Å². The van der Waals surface area contributed by atoms with Crippen molar-refractivity contribution in [3.8, 4) is 0 Å². The predicted octanol–water partition coefficient (Wildman–Crippen LogP) is 0.615. The molecule has 0 bridgehead atoms. The molecule has 1 aliphatic carbocycles. The van der Waals surface area contributed by atoms with Gasteiger partial charge in [-0.05, 0) is 25.7 Å². The number of amides is 3. The molecule has 7 heteroatoms. The zero-order valence-electron chi connectivity index (χ0n) is 14.1. The largest absolute Gasteiger partial charge is 0.394 e. The molecule has 23 heavy (non-hydrogen) atoms. The second-order valence-electron chi connectivity index (χ2n) is 6.75. The fraction of sp³-hybridized carbons (Fsp3) is 0.875. The number of nitrogens with one attached hydrogen (secondary N) is 2. The lowest BCUT2D eigenvalue weighted by atomic mass is 9.97. The summed E-state index contributed by atoms with van der Waals surface area (Å²) in [5.74, 6) is 0.0112. The summed E-state index contributed by atoms with van der Waals surface area (Å²) in [6, 6.07) is -0.142. The molecule has 0 aromatic heterocycles. The molecule has 0 aromatic carbocycles. The molecule has 2 fully saturated rings. The number of carbonyl (C=O) groups excluding carboxylic acids is 2. The van der Waals surface area contributed by atoms with Crippen molar-refractivity contribution in [2.45, 2.75) is 69.2 Å². The molecule has 1 aliphatic heterocycles. The van der Waals surface area contributed by atoms with Gasteiger partial charge in [0.2, 0.25) is 5.91 Å². The quantitative estimate of drug-likeness (QED) is 0.690. The average molecular weight is 327 g/mol. The van der Waals surface area contributed by atoms with Crippen molar-refractivity contribution in [1.82, 2.24) is 15.5 Å². The first-order valence-corrected chi connectivity index (χ1v) is 8.53. The van der Waals surface area contributed by atoms with Gasteiger partial charge in [0.05, 0.1) is 25.2 Å². The standard InChI is InChI=1S/C16H29N3O4/c1-19(2)15(21)9-12-7-8-13(14(10-20)23-12)18-16(22)17-11-5-3-4-6-11/h11-14,20H,3-10H2,1-2H3,(H2,17,18,22)/t12-,13-,14-/m0/s1. The number of aliphatic hydroxyl groups is 1. The van der Waals surface area contributed by atoms with Crippen LogP contribution in [-0.2, 0) is 9.53 Å². The summed E-state index contributed by atoms with van der Waals surface area (Å²) in [4.78, 5) is 25.4. The van der Waals surface area contributed by atoms with Crippen LogP contribution in [0.1, 0.15) is 44.9 Å². The van der Waals surface area contributed by atoms with E-state index in [4.69, 9.17) is 4.74 Å². The van der Waals surface area contributed by atoms with E-state index in [1.54, 1.807) is 14.1 Å². The summed E-state index contributed by atoms with van der Waals surface area (Å²) in [5, 5.41) is 15.4. The highest BCUT2D eigenvalue weighted by molar-refractivity contribution is 5.76. The van der Waals surface area contributed by atoms with E-state index in [9.17, 15) is 14.7 Å². The summed E-state index contributed by atoms with van der Waals surface area (Å²) in [7, 11) is 3.43. The van der Waals surface area contributed by atoms with Crippen LogP contribution in [0.2, 0.25) is 0 Å². The lowest BCUT2D eigenvalue weighted by Gasteiger charge is -2.36. The Morgan fingerprint density at radius 1 is 1.13 bits per heavy atom. The summed E-state index contributed by atoms with van der Waals surface area (Å²) < 4.78 is 5.80.